The molecule has 1 amide bonds. The standard InChI is InChI=1S/C22H22N2O5S/c1-16-6-8-19(30(26,27)24-10-12-28-13-11-24)15-20(16)23-22(25)9-7-18-14-17-4-2-3-5-21(17)29-18/h2-9,14-15H,10-13H2,1H3,(H,23,25)/b9-7+. The van der Waals surface area contributed by atoms with Crippen LogP contribution in [0.5, 0.6) is 0 Å². The summed E-state index contributed by atoms with van der Waals surface area (Å²) in [7, 11) is -3.64. The van der Waals surface area contributed by atoms with Crippen LogP contribution in [0.3, 0.4) is 0 Å². The van der Waals surface area contributed by atoms with Crippen molar-refractivity contribution in [3.63, 3.8) is 0 Å². The van der Waals surface area contributed by atoms with Crippen LogP contribution in [0.25, 0.3) is 17.0 Å². The highest BCUT2D eigenvalue weighted by atomic mass is 32.2. The number of morpholine rings is 1. The van der Waals surface area contributed by atoms with E-state index in [0.29, 0.717) is 37.8 Å². The van der Waals surface area contributed by atoms with Gasteiger partial charge in [0.2, 0.25) is 15.9 Å². The first kappa shape index (κ1) is 20.3. The minimum atomic E-state index is -3.64. The van der Waals surface area contributed by atoms with Crippen LogP contribution in [0.15, 0.2) is 63.9 Å². The van der Waals surface area contributed by atoms with Gasteiger partial charge in [0.05, 0.1) is 18.1 Å². The molecule has 7 nitrogen and oxygen atoms in total. The molecule has 0 spiro atoms. The average molecular weight is 426 g/mol. The normalized spacial score (nSPS) is 15.6. The lowest BCUT2D eigenvalue weighted by Gasteiger charge is -2.26. The predicted octanol–water partition coefficient (Wildman–Crippen LogP) is 3.41. The molecular weight excluding hydrogens is 404 g/mol. The van der Waals surface area contributed by atoms with Gasteiger partial charge in [-0.25, -0.2) is 8.42 Å². The molecule has 2 heterocycles. The van der Waals surface area contributed by atoms with Gasteiger partial charge in [0, 0.05) is 30.2 Å². The summed E-state index contributed by atoms with van der Waals surface area (Å²) in [4.78, 5) is 12.5. The molecular formula is C22H22N2O5S. The van der Waals surface area contributed by atoms with Crippen molar-refractivity contribution in [1.29, 1.82) is 0 Å². The molecule has 156 valence electrons. The summed E-state index contributed by atoms with van der Waals surface area (Å²) in [5.41, 5.74) is 1.96. The molecule has 1 aliphatic heterocycles. The van der Waals surface area contributed by atoms with E-state index in [0.717, 1.165) is 16.5 Å². The Labute approximate surface area is 175 Å². The third kappa shape index (κ3) is 4.30. The Kier molecular flexibility index (Phi) is 5.72. The number of ether oxygens (including phenoxy) is 1. The van der Waals surface area contributed by atoms with Crippen molar-refractivity contribution in [1.82, 2.24) is 4.31 Å². The van der Waals surface area contributed by atoms with E-state index in [9.17, 15) is 13.2 Å². The number of hydrogen-bond acceptors (Lipinski definition) is 5. The van der Waals surface area contributed by atoms with Crippen LogP contribution in [-0.2, 0) is 19.6 Å². The lowest BCUT2D eigenvalue weighted by Crippen LogP contribution is -2.40. The molecule has 0 atom stereocenters. The lowest BCUT2D eigenvalue weighted by molar-refractivity contribution is -0.111. The number of amides is 1. The molecule has 4 rings (SSSR count). The van der Waals surface area contributed by atoms with E-state index < -0.39 is 10.0 Å². The first-order chi connectivity index (χ1) is 14.4. The van der Waals surface area contributed by atoms with Gasteiger partial charge in [0.1, 0.15) is 11.3 Å². The first-order valence-electron chi connectivity index (χ1n) is 9.60. The quantitative estimate of drug-likeness (QED) is 0.632. The molecule has 0 radical (unpaired) electrons. The summed E-state index contributed by atoms with van der Waals surface area (Å²) in [6.45, 7) is 3.20. The zero-order chi connectivity index (χ0) is 21.1. The average Bonchev–Trinajstić information content (AvgIpc) is 3.17. The molecule has 1 saturated heterocycles. The third-order valence-corrected chi connectivity index (χ3v) is 6.81. The van der Waals surface area contributed by atoms with Gasteiger partial charge in [-0.1, -0.05) is 24.3 Å². The van der Waals surface area contributed by atoms with Gasteiger partial charge in [-0.15, -0.1) is 0 Å². The van der Waals surface area contributed by atoms with E-state index >= 15 is 0 Å². The highest BCUT2D eigenvalue weighted by Crippen LogP contribution is 2.24. The second-order valence-electron chi connectivity index (χ2n) is 7.00. The number of anilines is 1. The Morgan fingerprint density at radius 1 is 1.10 bits per heavy atom. The Hall–Kier alpha value is -2.94. The highest BCUT2D eigenvalue weighted by molar-refractivity contribution is 7.89. The Balaban J connectivity index is 1.51. The van der Waals surface area contributed by atoms with Crippen molar-refractivity contribution in [2.45, 2.75) is 11.8 Å². The van der Waals surface area contributed by atoms with Crippen LogP contribution >= 0.6 is 0 Å². The van der Waals surface area contributed by atoms with Gasteiger partial charge in [0.15, 0.2) is 0 Å². The van der Waals surface area contributed by atoms with E-state index in [1.165, 1.54) is 16.4 Å². The van der Waals surface area contributed by atoms with E-state index in [-0.39, 0.29) is 10.8 Å². The summed E-state index contributed by atoms with van der Waals surface area (Å²) in [6, 6.07) is 14.2. The molecule has 1 fully saturated rings. The molecule has 1 N–H and O–H groups in total. The number of benzene rings is 2. The van der Waals surface area contributed by atoms with Gasteiger partial charge in [0.25, 0.3) is 0 Å². The van der Waals surface area contributed by atoms with E-state index in [1.54, 1.807) is 18.2 Å². The van der Waals surface area contributed by atoms with Crippen molar-refractivity contribution in [2.75, 3.05) is 31.6 Å². The molecule has 30 heavy (non-hydrogen) atoms. The SMILES string of the molecule is Cc1ccc(S(=O)(=O)N2CCOCC2)cc1NC(=O)/C=C/c1cc2ccccc2o1. The van der Waals surface area contributed by atoms with Crippen LogP contribution in [-0.4, -0.2) is 44.9 Å². The third-order valence-electron chi connectivity index (χ3n) is 4.92. The fourth-order valence-electron chi connectivity index (χ4n) is 3.25. The van der Waals surface area contributed by atoms with Crippen LogP contribution < -0.4 is 5.32 Å². The minimum absolute atomic E-state index is 0.145. The molecule has 1 aromatic heterocycles. The number of rotatable bonds is 5. The summed E-state index contributed by atoms with van der Waals surface area (Å²) < 4.78 is 38.0. The second-order valence-corrected chi connectivity index (χ2v) is 8.94. The maximum Gasteiger partial charge on any atom is 0.248 e. The number of nitrogens with one attached hydrogen (secondary N) is 1. The Morgan fingerprint density at radius 2 is 1.87 bits per heavy atom. The Bertz CT molecular complexity index is 1170. The predicted molar refractivity (Wildman–Crippen MR) is 115 cm³/mol. The number of hydrogen-bond donors (Lipinski definition) is 1. The van der Waals surface area contributed by atoms with Gasteiger partial charge >= 0.3 is 0 Å². The largest absolute Gasteiger partial charge is 0.457 e. The van der Waals surface area contributed by atoms with Crippen molar-refractivity contribution in [3.05, 3.63) is 65.9 Å². The van der Waals surface area contributed by atoms with Crippen molar-refractivity contribution in [2.24, 2.45) is 0 Å². The van der Waals surface area contributed by atoms with Gasteiger partial charge in [-0.05, 0) is 42.8 Å². The summed E-state index contributed by atoms with van der Waals surface area (Å²) in [6.07, 6.45) is 2.94. The summed E-state index contributed by atoms with van der Waals surface area (Å²) >= 11 is 0. The molecule has 3 aromatic rings. The number of nitrogens with zero attached hydrogens (tertiary/aromatic N) is 1. The van der Waals surface area contributed by atoms with Gasteiger partial charge < -0.3 is 14.5 Å². The molecule has 1 aliphatic rings. The maximum atomic E-state index is 12.9. The molecule has 2 aromatic carbocycles. The number of furan rings is 1. The van der Waals surface area contributed by atoms with Gasteiger partial charge in [-0.3, -0.25) is 4.79 Å². The second kappa shape index (κ2) is 8.43. The fraction of sp³-hybridized carbons (Fsp3) is 0.227. The number of carbonyl (C=O) groups is 1. The number of carbonyl (C=O) groups excluding carboxylic acids is 1. The monoisotopic (exact) mass is 426 g/mol. The number of fused-ring (bicyclic) bond motifs is 1. The fourth-order valence-corrected chi connectivity index (χ4v) is 4.68. The molecule has 8 heteroatoms. The summed E-state index contributed by atoms with van der Waals surface area (Å²) in [5.74, 6) is 0.186. The lowest BCUT2D eigenvalue weighted by atomic mass is 10.2. The van der Waals surface area contributed by atoms with E-state index in [4.69, 9.17) is 9.15 Å². The molecule has 0 aliphatic carbocycles. The minimum Gasteiger partial charge on any atom is -0.457 e. The molecule has 0 saturated carbocycles. The topological polar surface area (TPSA) is 88.9 Å². The van der Waals surface area contributed by atoms with Crippen molar-refractivity contribution >= 4 is 38.7 Å². The van der Waals surface area contributed by atoms with Crippen LogP contribution in [0.2, 0.25) is 0 Å². The smallest absolute Gasteiger partial charge is 0.248 e. The van der Waals surface area contributed by atoms with Crippen LogP contribution in [0.4, 0.5) is 5.69 Å². The van der Waals surface area contributed by atoms with Crippen LogP contribution in [0.1, 0.15) is 11.3 Å². The molecule has 0 unspecified atom stereocenters. The van der Waals surface area contributed by atoms with Gasteiger partial charge in [-0.2, -0.15) is 4.31 Å². The highest BCUT2D eigenvalue weighted by Gasteiger charge is 2.26. The zero-order valence-corrected chi connectivity index (χ0v) is 17.3. The van der Waals surface area contributed by atoms with E-state index in [1.807, 2.05) is 37.3 Å². The first-order valence-corrected chi connectivity index (χ1v) is 11.0. The zero-order valence-electron chi connectivity index (χ0n) is 16.5. The number of sulfonamides is 1. The summed E-state index contributed by atoms with van der Waals surface area (Å²) in [5, 5.41) is 3.71. The van der Waals surface area contributed by atoms with Crippen molar-refractivity contribution < 1.29 is 22.4 Å². The number of aryl methyl sites for hydroxylation is 1. The number of para-hydroxylation sites is 1. The Morgan fingerprint density at radius 3 is 2.63 bits per heavy atom. The maximum absolute atomic E-state index is 12.9. The van der Waals surface area contributed by atoms with E-state index in [2.05, 4.69) is 5.32 Å². The van der Waals surface area contributed by atoms with Crippen LogP contribution in [0, 0.1) is 6.92 Å². The molecule has 0 bridgehead atoms. The van der Waals surface area contributed by atoms with Crippen molar-refractivity contribution in [3.8, 4) is 0 Å².